The van der Waals surface area contributed by atoms with Crippen LogP contribution >= 0.6 is 11.6 Å². The molecule has 0 saturated heterocycles. The summed E-state index contributed by atoms with van der Waals surface area (Å²) in [6.07, 6.45) is 0. The number of benzene rings is 1. The lowest BCUT2D eigenvalue weighted by atomic mass is 10.2. The van der Waals surface area contributed by atoms with Crippen LogP contribution in [0.2, 0.25) is 5.02 Å². The van der Waals surface area contributed by atoms with Crippen LogP contribution in [0.4, 0.5) is 11.5 Å². The average molecular weight is 290 g/mol. The highest BCUT2D eigenvalue weighted by molar-refractivity contribution is 6.31. The number of rotatable bonds is 5. The second-order valence-corrected chi connectivity index (χ2v) is 5.18. The zero-order chi connectivity index (χ0) is 14.5. The standard InChI is InChI=1S/C16H20ClN3/c1-4-18-11-15-14(17)8-9-16(19-15)20(3)13-7-5-6-12(2)10-13/h5-10,18H,4,11H2,1-3H3. The molecule has 1 aromatic carbocycles. The van der Waals surface area contributed by atoms with Crippen molar-refractivity contribution in [3.05, 3.63) is 52.7 Å². The number of anilines is 2. The van der Waals surface area contributed by atoms with Gasteiger partial charge in [0.05, 0.1) is 10.7 Å². The first-order chi connectivity index (χ1) is 9.61. The van der Waals surface area contributed by atoms with E-state index in [-0.39, 0.29) is 0 Å². The minimum absolute atomic E-state index is 0.685. The molecule has 1 aromatic heterocycles. The maximum absolute atomic E-state index is 6.19. The molecule has 20 heavy (non-hydrogen) atoms. The van der Waals surface area contributed by atoms with Crippen LogP contribution in [0.3, 0.4) is 0 Å². The molecule has 0 aliphatic rings. The number of aromatic nitrogens is 1. The van der Waals surface area contributed by atoms with Gasteiger partial charge in [0.25, 0.3) is 0 Å². The Morgan fingerprint density at radius 3 is 2.75 bits per heavy atom. The molecule has 2 rings (SSSR count). The molecule has 0 atom stereocenters. The topological polar surface area (TPSA) is 28.2 Å². The van der Waals surface area contributed by atoms with Gasteiger partial charge < -0.3 is 10.2 Å². The first-order valence-electron chi connectivity index (χ1n) is 6.78. The fraction of sp³-hybridized carbons (Fsp3) is 0.312. The van der Waals surface area contributed by atoms with Gasteiger partial charge in [0.2, 0.25) is 0 Å². The number of nitrogens with one attached hydrogen (secondary N) is 1. The molecule has 0 fully saturated rings. The number of halogens is 1. The minimum atomic E-state index is 0.685. The Morgan fingerprint density at radius 1 is 1.25 bits per heavy atom. The Balaban J connectivity index is 2.28. The summed E-state index contributed by atoms with van der Waals surface area (Å²) < 4.78 is 0. The van der Waals surface area contributed by atoms with Gasteiger partial charge in [0.15, 0.2) is 0 Å². The quantitative estimate of drug-likeness (QED) is 0.904. The molecular formula is C16H20ClN3. The normalized spacial score (nSPS) is 10.6. The maximum Gasteiger partial charge on any atom is 0.133 e. The van der Waals surface area contributed by atoms with Crippen LogP contribution in [-0.4, -0.2) is 18.6 Å². The summed E-state index contributed by atoms with van der Waals surface area (Å²) >= 11 is 6.19. The average Bonchev–Trinajstić information content (AvgIpc) is 2.45. The summed E-state index contributed by atoms with van der Waals surface area (Å²) in [6.45, 7) is 5.74. The molecule has 2 aromatic rings. The smallest absolute Gasteiger partial charge is 0.133 e. The van der Waals surface area contributed by atoms with E-state index in [0.29, 0.717) is 11.6 Å². The number of nitrogens with zero attached hydrogens (tertiary/aromatic N) is 2. The van der Waals surface area contributed by atoms with E-state index in [4.69, 9.17) is 11.6 Å². The number of hydrogen-bond acceptors (Lipinski definition) is 3. The first kappa shape index (κ1) is 14.8. The molecule has 0 unspecified atom stereocenters. The SMILES string of the molecule is CCNCc1nc(N(C)c2cccc(C)c2)ccc1Cl. The van der Waals surface area contributed by atoms with Gasteiger partial charge in [-0.25, -0.2) is 4.98 Å². The van der Waals surface area contributed by atoms with Crippen molar-refractivity contribution >= 4 is 23.1 Å². The van der Waals surface area contributed by atoms with E-state index in [2.05, 4.69) is 53.3 Å². The monoisotopic (exact) mass is 289 g/mol. The van der Waals surface area contributed by atoms with E-state index in [1.807, 2.05) is 19.2 Å². The molecule has 0 radical (unpaired) electrons. The summed E-state index contributed by atoms with van der Waals surface area (Å²) in [7, 11) is 2.02. The second kappa shape index (κ2) is 6.73. The van der Waals surface area contributed by atoms with Gasteiger partial charge in [-0.2, -0.15) is 0 Å². The third-order valence-corrected chi connectivity index (χ3v) is 3.52. The Hall–Kier alpha value is -1.58. The maximum atomic E-state index is 6.19. The zero-order valence-electron chi connectivity index (χ0n) is 12.2. The van der Waals surface area contributed by atoms with Crippen LogP contribution in [0, 0.1) is 6.92 Å². The molecular weight excluding hydrogens is 270 g/mol. The van der Waals surface area contributed by atoms with Crippen molar-refractivity contribution in [2.45, 2.75) is 20.4 Å². The first-order valence-corrected chi connectivity index (χ1v) is 7.16. The largest absolute Gasteiger partial charge is 0.329 e. The van der Waals surface area contributed by atoms with Crippen molar-refractivity contribution in [3.63, 3.8) is 0 Å². The summed E-state index contributed by atoms with van der Waals surface area (Å²) in [4.78, 5) is 6.72. The van der Waals surface area contributed by atoms with E-state index in [0.717, 1.165) is 23.7 Å². The fourth-order valence-corrected chi connectivity index (χ4v) is 2.17. The lowest BCUT2D eigenvalue weighted by molar-refractivity contribution is 0.710. The Labute approximate surface area is 125 Å². The fourth-order valence-electron chi connectivity index (χ4n) is 2.00. The summed E-state index contributed by atoms with van der Waals surface area (Å²) in [6, 6.07) is 12.2. The molecule has 3 nitrogen and oxygen atoms in total. The van der Waals surface area contributed by atoms with Crippen molar-refractivity contribution in [1.29, 1.82) is 0 Å². The van der Waals surface area contributed by atoms with Crippen molar-refractivity contribution in [1.82, 2.24) is 10.3 Å². The van der Waals surface area contributed by atoms with E-state index in [1.54, 1.807) is 0 Å². The van der Waals surface area contributed by atoms with Crippen LogP contribution < -0.4 is 10.2 Å². The molecule has 0 bridgehead atoms. The highest BCUT2D eigenvalue weighted by atomic mass is 35.5. The van der Waals surface area contributed by atoms with E-state index in [1.165, 1.54) is 5.56 Å². The third-order valence-electron chi connectivity index (χ3n) is 3.18. The molecule has 0 aliphatic heterocycles. The van der Waals surface area contributed by atoms with Crippen LogP contribution in [-0.2, 0) is 6.54 Å². The number of pyridine rings is 1. The minimum Gasteiger partial charge on any atom is -0.329 e. The van der Waals surface area contributed by atoms with Crippen LogP contribution in [0.25, 0.3) is 0 Å². The van der Waals surface area contributed by atoms with Crippen molar-refractivity contribution in [2.24, 2.45) is 0 Å². The van der Waals surface area contributed by atoms with Crippen molar-refractivity contribution < 1.29 is 0 Å². The van der Waals surface area contributed by atoms with Gasteiger partial charge in [0.1, 0.15) is 5.82 Å². The van der Waals surface area contributed by atoms with Gasteiger partial charge in [-0.05, 0) is 43.3 Å². The van der Waals surface area contributed by atoms with Crippen LogP contribution in [0.15, 0.2) is 36.4 Å². The highest BCUT2D eigenvalue weighted by Gasteiger charge is 2.09. The van der Waals surface area contributed by atoms with Crippen molar-refractivity contribution in [3.8, 4) is 0 Å². The molecule has 0 amide bonds. The number of aryl methyl sites for hydroxylation is 1. The van der Waals surface area contributed by atoms with Gasteiger partial charge in [-0.1, -0.05) is 30.7 Å². The van der Waals surface area contributed by atoms with E-state index in [9.17, 15) is 0 Å². The highest BCUT2D eigenvalue weighted by Crippen LogP contribution is 2.25. The van der Waals surface area contributed by atoms with Gasteiger partial charge in [0, 0.05) is 19.3 Å². The number of hydrogen-bond donors (Lipinski definition) is 1. The second-order valence-electron chi connectivity index (χ2n) is 4.78. The Bertz CT molecular complexity index is 584. The molecule has 0 spiro atoms. The predicted molar refractivity (Wildman–Crippen MR) is 85.9 cm³/mol. The Kier molecular flexibility index (Phi) is 4.99. The van der Waals surface area contributed by atoms with Gasteiger partial charge in [-0.3, -0.25) is 0 Å². The summed E-state index contributed by atoms with van der Waals surface area (Å²) in [5.74, 6) is 0.896. The van der Waals surface area contributed by atoms with Crippen LogP contribution in [0.5, 0.6) is 0 Å². The van der Waals surface area contributed by atoms with Gasteiger partial charge >= 0.3 is 0 Å². The molecule has 0 saturated carbocycles. The predicted octanol–water partition coefficient (Wildman–Crippen LogP) is 3.92. The summed E-state index contributed by atoms with van der Waals surface area (Å²) in [5.41, 5.74) is 3.23. The molecule has 106 valence electrons. The van der Waals surface area contributed by atoms with Crippen LogP contribution in [0.1, 0.15) is 18.2 Å². The van der Waals surface area contributed by atoms with Crippen molar-refractivity contribution in [2.75, 3.05) is 18.5 Å². The zero-order valence-corrected chi connectivity index (χ0v) is 12.9. The molecule has 0 aliphatic carbocycles. The van der Waals surface area contributed by atoms with E-state index >= 15 is 0 Å². The molecule has 1 heterocycles. The van der Waals surface area contributed by atoms with Gasteiger partial charge in [-0.15, -0.1) is 0 Å². The molecule has 1 N–H and O–H groups in total. The Morgan fingerprint density at radius 2 is 2.05 bits per heavy atom. The summed E-state index contributed by atoms with van der Waals surface area (Å²) in [5, 5.41) is 3.96. The van der Waals surface area contributed by atoms with E-state index < -0.39 is 0 Å². The lowest BCUT2D eigenvalue weighted by Crippen LogP contribution is -2.16. The molecule has 4 heteroatoms. The lowest BCUT2D eigenvalue weighted by Gasteiger charge is -2.20. The third kappa shape index (κ3) is 3.50.